The zero-order valence-electron chi connectivity index (χ0n) is 9.11. The number of hydrogen-bond donors (Lipinski definition) is 4. The molecule has 0 heterocycles. The summed E-state index contributed by atoms with van der Waals surface area (Å²) in [6.45, 7) is -0.540. The fraction of sp³-hybridized carbons (Fsp3) is 0.222. The monoisotopic (exact) mass is 244 g/mol. The highest BCUT2D eigenvalue weighted by Crippen LogP contribution is 2.31. The highest BCUT2D eigenvalue weighted by Gasteiger charge is 2.19. The Labute approximate surface area is 96.7 Å². The van der Waals surface area contributed by atoms with E-state index in [1.807, 2.05) is 5.43 Å². The first kappa shape index (κ1) is 13.2. The fourth-order valence-corrected chi connectivity index (χ4v) is 1.37. The van der Waals surface area contributed by atoms with E-state index >= 15 is 0 Å². The maximum Gasteiger partial charge on any atom is 0.350 e. The molecule has 0 bridgehead atoms. The highest BCUT2D eigenvalue weighted by molar-refractivity contribution is 5.91. The van der Waals surface area contributed by atoms with Gasteiger partial charge in [0, 0.05) is 5.56 Å². The number of aliphatic hydroxyl groups excluding tert-OH is 1. The van der Waals surface area contributed by atoms with Gasteiger partial charge in [0.25, 0.3) is 0 Å². The minimum Gasteiger partial charge on any atom is -0.493 e. The van der Waals surface area contributed by atoms with Gasteiger partial charge in [-0.25, -0.2) is 25.9 Å². The van der Waals surface area contributed by atoms with Crippen LogP contribution < -0.4 is 26.9 Å². The van der Waals surface area contributed by atoms with Crippen molar-refractivity contribution in [2.24, 2.45) is 11.7 Å². The van der Waals surface area contributed by atoms with Crippen LogP contribution in [0.1, 0.15) is 5.56 Å². The van der Waals surface area contributed by atoms with Crippen molar-refractivity contribution in [3.05, 3.63) is 23.5 Å². The van der Waals surface area contributed by atoms with E-state index in [0.29, 0.717) is 5.01 Å². The van der Waals surface area contributed by atoms with E-state index in [0.717, 1.165) is 6.07 Å². The van der Waals surface area contributed by atoms with E-state index in [1.165, 1.54) is 13.2 Å². The van der Waals surface area contributed by atoms with Gasteiger partial charge >= 0.3 is 6.03 Å². The van der Waals surface area contributed by atoms with E-state index < -0.39 is 18.5 Å². The lowest BCUT2D eigenvalue weighted by atomic mass is 10.1. The van der Waals surface area contributed by atoms with Crippen LogP contribution in [0.2, 0.25) is 0 Å². The summed E-state index contributed by atoms with van der Waals surface area (Å²) >= 11 is 0. The lowest BCUT2D eigenvalue weighted by Crippen LogP contribution is -2.48. The summed E-state index contributed by atoms with van der Waals surface area (Å²) in [5, 5.41) is 9.81. The number of rotatable bonds is 3. The molecule has 17 heavy (non-hydrogen) atoms. The number of nitrogens with zero attached hydrogens (tertiary/aromatic N) is 1. The number of hydrogen-bond acceptors (Lipinski definition) is 5. The first-order valence-corrected chi connectivity index (χ1v) is 4.58. The van der Waals surface area contributed by atoms with Crippen LogP contribution >= 0.6 is 0 Å². The number of urea groups is 1. The Hall–Kier alpha value is -1.90. The van der Waals surface area contributed by atoms with E-state index in [4.69, 9.17) is 21.5 Å². The summed E-state index contributed by atoms with van der Waals surface area (Å²) in [6.07, 6.45) is 0. The molecule has 1 aromatic carbocycles. The van der Waals surface area contributed by atoms with E-state index in [-0.39, 0.29) is 17.0 Å². The lowest BCUT2D eigenvalue weighted by molar-refractivity contribution is 0.246. The average molecular weight is 244 g/mol. The molecule has 0 spiro atoms. The predicted molar refractivity (Wildman–Crippen MR) is 58.3 cm³/mol. The molecular formula is C9H13FN4O3. The molecule has 0 atom stereocenters. The minimum absolute atomic E-state index is 0.0543. The smallest absolute Gasteiger partial charge is 0.350 e. The molecule has 7 nitrogen and oxygen atoms in total. The number of aliphatic hydroxyl groups is 1. The van der Waals surface area contributed by atoms with Gasteiger partial charge in [0.15, 0.2) is 11.6 Å². The van der Waals surface area contributed by atoms with Gasteiger partial charge in [-0.1, -0.05) is 0 Å². The number of anilines is 1. The van der Waals surface area contributed by atoms with Crippen LogP contribution in [0, 0.1) is 5.82 Å². The zero-order chi connectivity index (χ0) is 13.0. The molecule has 0 aliphatic rings. The lowest BCUT2D eigenvalue weighted by Gasteiger charge is -2.20. The van der Waals surface area contributed by atoms with E-state index in [1.54, 1.807) is 0 Å². The van der Waals surface area contributed by atoms with Crippen LogP contribution in [0.4, 0.5) is 14.9 Å². The number of amides is 2. The summed E-state index contributed by atoms with van der Waals surface area (Å²) < 4.78 is 18.1. The zero-order valence-corrected chi connectivity index (χ0v) is 9.11. The summed E-state index contributed by atoms with van der Waals surface area (Å²) in [6, 6.07) is 1.49. The number of nitrogens with two attached hydrogens (primary N) is 2. The quantitative estimate of drug-likeness (QED) is 0.328. The largest absolute Gasteiger partial charge is 0.493 e. The van der Waals surface area contributed by atoms with Crippen molar-refractivity contribution in [1.29, 1.82) is 0 Å². The first-order chi connectivity index (χ1) is 8.06. The van der Waals surface area contributed by atoms with Gasteiger partial charge in [-0.2, -0.15) is 0 Å². The fourth-order valence-electron chi connectivity index (χ4n) is 1.37. The third-order valence-electron chi connectivity index (χ3n) is 2.15. The molecule has 0 aliphatic heterocycles. The Morgan fingerprint density at radius 1 is 1.65 bits per heavy atom. The highest BCUT2D eigenvalue weighted by atomic mass is 19.1. The van der Waals surface area contributed by atoms with Crippen molar-refractivity contribution in [1.82, 2.24) is 5.43 Å². The standard InChI is InChI=1S/C9H13FN4O3/c1-17-8-5(4-15)7(3-2-6(8)10)14(12)9(16)13-11/h2-3,15H,4,11-12H2,1H3,(H,13,16). The van der Waals surface area contributed by atoms with Crippen LogP contribution in [-0.2, 0) is 6.61 Å². The molecule has 0 radical (unpaired) electrons. The summed E-state index contributed by atoms with van der Waals surface area (Å²) in [5.74, 6) is 9.52. The predicted octanol–water partition coefficient (Wildman–Crippen LogP) is -0.410. The second-order valence-electron chi connectivity index (χ2n) is 3.06. The van der Waals surface area contributed by atoms with Gasteiger partial charge in [-0.3, -0.25) is 5.43 Å². The van der Waals surface area contributed by atoms with Gasteiger partial charge < -0.3 is 9.84 Å². The number of halogens is 1. The number of ether oxygens (including phenoxy) is 1. The van der Waals surface area contributed by atoms with Crippen molar-refractivity contribution in [3.8, 4) is 5.75 Å². The third kappa shape index (κ3) is 2.44. The Bertz CT molecular complexity index is 427. The van der Waals surface area contributed by atoms with Crippen LogP contribution in [0.25, 0.3) is 0 Å². The molecule has 1 aromatic rings. The van der Waals surface area contributed by atoms with E-state index in [9.17, 15) is 9.18 Å². The van der Waals surface area contributed by atoms with Gasteiger partial charge in [0.05, 0.1) is 19.4 Å². The van der Waals surface area contributed by atoms with Gasteiger partial charge in [0.1, 0.15) is 0 Å². The number of benzene rings is 1. The number of nitrogens with one attached hydrogen (secondary N) is 1. The molecule has 2 amide bonds. The van der Waals surface area contributed by atoms with Crippen molar-refractivity contribution in [2.75, 3.05) is 12.1 Å². The van der Waals surface area contributed by atoms with Crippen molar-refractivity contribution >= 4 is 11.7 Å². The van der Waals surface area contributed by atoms with Gasteiger partial charge in [0.2, 0.25) is 0 Å². The SMILES string of the molecule is COc1c(F)ccc(N(N)C(=O)NN)c1CO. The molecule has 0 aromatic heterocycles. The third-order valence-corrected chi connectivity index (χ3v) is 2.15. The van der Waals surface area contributed by atoms with Crippen LogP contribution in [0.15, 0.2) is 12.1 Å². The number of methoxy groups -OCH3 is 1. The van der Waals surface area contributed by atoms with Gasteiger partial charge in [-0.15, -0.1) is 0 Å². The molecule has 0 unspecified atom stereocenters. The minimum atomic E-state index is -0.812. The molecule has 8 heteroatoms. The molecule has 0 fully saturated rings. The van der Waals surface area contributed by atoms with Crippen molar-refractivity contribution < 1.29 is 19.0 Å². The maximum atomic E-state index is 13.3. The Morgan fingerprint density at radius 2 is 2.29 bits per heavy atom. The second-order valence-corrected chi connectivity index (χ2v) is 3.06. The summed E-state index contributed by atoms with van der Waals surface area (Å²) in [5.41, 5.74) is 1.96. The summed E-state index contributed by atoms with van der Waals surface area (Å²) in [4.78, 5) is 11.2. The first-order valence-electron chi connectivity index (χ1n) is 4.58. The Kier molecular flexibility index (Phi) is 4.21. The molecule has 94 valence electrons. The molecule has 0 aliphatic carbocycles. The second kappa shape index (κ2) is 5.43. The van der Waals surface area contributed by atoms with Crippen LogP contribution in [0.3, 0.4) is 0 Å². The normalized spacial score (nSPS) is 9.94. The summed E-state index contributed by atoms with van der Waals surface area (Å²) in [7, 11) is 1.24. The number of hydrazine groups is 2. The molecular weight excluding hydrogens is 231 g/mol. The molecule has 0 saturated carbocycles. The molecule has 0 saturated heterocycles. The maximum absolute atomic E-state index is 13.3. The van der Waals surface area contributed by atoms with E-state index in [2.05, 4.69) is 0 Å². The topological polar surface area (TPSA) is 114 Å². The van der Waals surface area contributed by atoms with Crippen LogP contribution in [-0.4, -0.2) is 18.2 Å². The molecule has 1 rings (SSSR count). The Balaban J connectivity index is 3.29. The van der Waals surface area contributed by atoms with Crippen molar-refractivity contribution in [3.63, 3.8) is 0 Å². The average Bonchev–Trinajstić information content (AvgIpc) is 2.36. The number of carbonyl (C=O) groups is 1. The number of carbonyl (C=O) groups excluding carboxylic acids is 1. The van der Waals surface area contributed by atoms with Crippen LogP contribution in [0.5, 0.6) is 5.75 Å². The van der Waals surface area contributed by atoms with Crippen molar-refractivity contribution in [2.45, 2.75) is 6.61 Å². The Morgan fingerprint density at radius 3 is 2.76 bits per heavy atom. The van der Waals surface area contributed by atoms with Gasteiger partial charge in [-0.05, 0) is 12.1 Å². The molecule has 6 N–H and O–H groups in total.